The second-order valence-corrected chi connectivity index (χ2v) is 22.6. The number of aryl methyl sites for hydroxylation is 1. The molecule has 1 unspecified atom stereocenters. The number of halogens is 6. The summed E-state index contributed by atoms with van der Waals surface area (Å²) < 4.78 is 36.5. The molecule has 1 aliphatic carbocycles. The van der Waals surface area contributed by atoms with E-state index >= 15 is 0 Å². The summed E-state index contributed by atoms with van der Waals surface area (Å²) in [5.41, 5.74) is -1.81. The molecule has 0 aromatic carbocycles. The van der Waals surface area contributed by atoms with Crippen LogP contribution in [0.25, 0.3) is 0 Å². The van der Waals surface area contributed by atoms with Crippen molar-refractivity contribution in [2.75, 3.05) is 40.6 Å². The van der Waals surface area contributed by atoms with E-state index in [1.54, 1.807) is 19.9 Å². The molecule has 2 rings (SSSR count). The van der Waals surface area contributed by atoms with Gasteiger partial charge in [0, 0.05) is 43.7 Å². The van der Waals surface area contributed by atoms with Crippen LogP contribution in [-0.4, -0.2) is 100 Å². The lowest BCUT2D eigenvalue weighted by Gasteiger charge is -2.37. The molecule has 0 aliphatic heterocycles. The van der Waals surface area contributed by atoms with Crippen LogP contribution in [0.1, 0.15) is 65.4 Å². The van der Waals surface area contributed by atoms with Gasteiger partial charge in [-0.05, 0) is 46.4 Å². The Morgan fingerprint density at radius 2 is 1.24 bits per heavy atom. The van der Waals surface area contributed by atoms with E-state index in [0.717, 1.165) is 22.9 Å². The van der Waals surface area contributed by atoms with Gasteiger partial charge in [-0.15, -0.1) is 69.6 Å². The van der Waals surface area contributed by atoms with Crippen LogP contribution in [0.3, 0.4) is 0 Å². The fraction of sp³-hybridized carbons (Fsp3) is 0.786. The number of aromatic nitrogens is 2. The summed E-state index contributed by atoms with van der Waals surface area (Å²) in [5.74, 6) is 0.357. The first-order chi connectivity index (χ1) is 23.3. The minimum atomic E-state index is -2.77. The topological polar surface area (TPSA) is 125 Å². The van der Waals surface area contributed by atoms with Gasteiger partial charge < -0.3 is 23.0 Å². The van der Waals surface area contributed by atoms with Gasteiger partial charge >= 0.3 is 18.7 Å². The molecule has 1 saturated carbocycles. The molecule has 1 aromatic rings. The molecule has 0 spiro atoms. The molecule has 1 aliphatic rings. The average molecular weight is 926 g/mol. The van der Waals surface area contributed by atoms with E-state index in [9.17, 15) is 9.59 Å². The largest absolute Gasteiger partial charge is 0.466 e. The first-order valence-corrected chi connectivity index (χ1v) is 24.6. The SMILES string of the molecule is CCOC(=O)CC(SP(=S)(OC)OC)C(=O)OCC.CCOP(=S)(OCC)Oc1cc(C)nc(C(C)C)n1.Cl[C@H]1[C@H](Cl)[C@@H](Cl)[C@@H](Cl)[C@H](Cl)[C@H]1Cl. The lowest BCUT2D eigenvalue weighted by Crippen LogP contribution is -2.52. The molecule has 11 nitrogen and oxygen atoms in total. The second kappa shape index (κ2) is 26.0. The molecule has 50 heavy (non-hydrogen) atoms. The summed E-state index contributed by atoms with van der Waals surface area (Å²) in [4.78, 5) is 32.0. The Bertz CT molecular complexity index is 1210. The summed E-state index contributed by atoms with van der Waals surface area (Å²) in [6, 6.07) is 1.74. The smallest absolute Gasteiger partial charge is 0.381 e. The van der Waals surface area contributed by atoms with E-state index in [1.807, 2.05) is 34.6 Å². The van der Waals surface area contributed by atoms with E-state index in [2.05, 4.69) is 9.97 Å². The molecular weight excluding hydrogens is 879 g/mol. The van der Waals surface area contributed by atoms with E-state index < -0.39 is 61.9 Å². The summed E-state index contributed by atoms with van der Waals surface area (Å²) in [5, 5.41) is -3.41. The van der Waals surface area contributed by atoms with Crippen LogP contribution in [0.15, 0.2) is 6.07 Å². The van der Waals surface area contributed by atoms with Crippen molar-refractivity contribution < 1.29 is 41.7 Å². The highest BCUT2D eigenvalue weighted by atomic mass is 35.5. The minimum absolute atomic E-state index is 0.123. The van der Waals surface area contributed by atoms with Gasteiger partial charge in [-0.3, -0.25) is 18.6 Å². The molecular formula is C28H46Cl6N2O9P2S3. The van der Waals surface area contributed by atoms with Crippen molar-refractivity contribution in [2.45, 2.75) is 98.3 Å². The number of esters is 2. The van der Waals surface area contributed by atoms with Gasteiger partial charge in [0.15, 0.2) is 0 Å². The lowest BCUT2D eigenvalue weighted by molar-refractivity contribution is -0.149. The molecule has 0 saturated heterocycles. The molecule has 1 heterocycles. The van der Waals surface area contributed by atoms with Crippen LogP contribution in [0.2, 0.25) is 0 Å². The number of nitrogens with zero attached hydrogens (tertiary/aromatic N) is 2. The molecule has 0 radical (unpaired) electrons. The monoisotopic (exact) mass is 922 g/mol. The highest BCUT2D eigenvalue weighted by Crippen LogP contribution is 2.62. The third-order valence-corrected chi connectivity index (χ3v) is 18.2. The number of carbonyl (C=O) groups excluding carboxylic acids is 2. The highest BCUT2D eigenvalue weighted by molar-refractivity contribution is 8.68. The summed E-state index contributed by atoms with van der Waals surface area (Å²) in [6.45, 7) is 11.6. The van der Waals surface area contributed by atoms with Gasteiger partial charge in [-0.25, -0.2) is 4.98 Å². The standard InChI is InChI=1S/C12H21N2O3PS.C10H19O6PS2.C6H6Cl6/c1-6-15-18(19,16-7-2)17-11-8-10(5)13-12(14-11)9(3)4;1-5-15-9(11)7-8(10(12)16-6-2)19-17(18,13-3)14-4;7-1-2(8)4(10)6(12)5(11)3(1)9/h8-9H,6-7H2,1-5H3;8H,5-7H2,1-4H3;1-6H/t;;1-,2-,3-,4+,5+,6+. The van der Waals surface area contributed by atoms with E-state index in [1.165, 1.54) is 14.2 Å². The predicted octanol–water partition coefficient (Wildman–Crippen LogP) is 9.35. The summed E-state index contributed by atoms with van der Waals surface area (Å²) >= 11 is 46.8. The Morgan fingerprint density at radius 3 is 1.60 bits per heavy atom. The van der Waals surface area contributed by atoms with Gasteiger partial charge in [0.25, 0.3) is 0 Å². The second-order valence-electron chi connectivity index (χ2n) is 10.1. The van der Waals surface area contributed by atoms with Gasteiger partial charge in [0.05, 0.1) is 65.1 Å². The van der Waals surface area contributed by atoms with Gasteiger partial charge in [0.2, 0.25) is 11.6 Å². The predicted molar refractivity (Wildman–Crippen MR) is 214 cm³/mol. The van der Waals surface area contributed by atoms with Crippen molar-refractivity contribution in [2.24, 2.45) is 0 Å². The van der Waals surface area contributed by atoms with E-state index in [-0.39, 0.29) is 25.6 Å². The number of ether oxygens (including phenoxy) is 2. The summed E-state index contributed by atoms with van der Waals surface area (Å²) in [7, 11) is 2.81. The van der Waals surface area contributed by atoms with Crippen LogP contribution in [0.4, 0.5) is 0 Å². The normalized spacial score (nSPS) is 22.7. The number of hydrogen-bond acceptors (Lipinski definition) is 14. The first kappa shape index (κ1) is 51.0. The maximum Gasteiger partial charge on any atom is 0.381 e. The number of alkyl halides is 6. The third kappa shape index (κ3) is 18.1. The van der Waals surface area contributed by atoms with Crippen molar-refractivity contribution in [1.82, 2.24) is 9.97 Å². The van der Waals surface area contributed by atoms with Crippen molar-refractivity contribution in [3.8, 4) is 5.88 Å². The molecule has 0 bridgehead atoms. The zero-order valence-electron chi connectivity index (χ0n) is 29.2. The van der Waals surface area contributed by atoms with Crippen LogP contribution in [0.5, 0.6) is 5.88 Å². The third-order valence-electron chi connectivity index (χ3n) is 5.88. The van der Waals surface area contributed by atoms with Crippen LogP contribution >= 0.6 is 93.4 Å². The molecule has 292 valence electrons. The van der Waals surface area contributed by atoms with Gasteiger partial charge in [-0.2, -0.15) is 4.98 Å². The van der Waals surface area contributed by atoms with E-state index in [4.69, 9.17) is 125 Å². The Morgan fingerprint density at radius 1 is 0.800 bits per heavy atom. The lowest BCUT2D eigenvalue weighted by atomic mass is 9.97. The minimum Gasteiger partial charge on any atom is -0.466 e. The quantitative estimate of drug-likeness (QED) is 0.0889. The van der Waals surface area contributed by atoms with Gasteiger partial charge in [-0.1, -0.05) is 25.2 Å². The maximum atomic E-state index is 11.8. The molecule has 22 heteroatoms. The molecule has 0 amide bonds. The fourth-order valence-corrected chi connectivity index (χ4v) is 11.7. The van der Waals surface area contributed by atoms with Crippen LogP contribution < -0.4 is 4.52 Å². The number of carbonyl (C=O) groups is 2. The summed E-state index contributed by atoms with van der Waals surface area (Å²) in [6.07, 6.45) is -0.123. The first-order valence-electron chi connectivity index (χ1n) is 15.3. The van der Waals surface area contributed by atoms with Crippen molar-refractivity contribution in [1.29, 1.82) is 0 Å². The van der Waals surface area contributed by atoms with Crippen LogP contribution in [0, 0.1) is 6.92 Å². The maximum absolute atomic E-state index is 11.8. The van der Waals surface area contributed by atoms with Crippen LogP contribution in [-0.2, 0) is 60.8 Å². The average Bonchev–Trinajstić information content (AvgIpc) is 3.05. The van der Waals surface area contributed by atoms with Crippen molar-refractivity contribution >= 4 is 129 Å². The Hall–Kier alpha value is 1.05. The van der Waals surface area contributed by atoms with Crippen molar-refractivity contribution in [3.63, 3.8) is 0 Å². The Balaban J connectivity index is 0.000000740. The molecule has 1 aromatic heterocycles. The molecule has 0 N–H and O–H groups in total. The zero-order valence-corrected chi connectivity index (χ0v) is 38.0. The van der Waals surface area contributed by atoms with Crippen molar-refractivity contribution in [3.05, 3.63) is 17.6 Å². The Labute approximate surface area is 340 Å². The molecule has 1 atom stereocenters. The molecule has 1 fully saturated rings. The van der Waals surface area contributed by atoms with E-state index in [0.29, 0.717) is 19.1 Å². The number of hydrogen-bond donors (Lipinski definition) is 0. The number of rotatable bonds is 16. The Kier molecular flexibility index (Phi) is 26.5. The fourth-order valence-electron chi connectivity index (χ4n) is 3.53. The zero-order chi connectivity index (χ0) is 38.8. The van der Waals surface area contributed by atoms with Gasteiger partial charge in [0.1, 0.15) is 11.1 Å². The highest BCUT2D eigenvalue weighted by Gasteiger charge is 2.47.